The molecule has 0 bridgehead atoms. The van der Waals surface area contributed by atoms with Crippen molar-refractivity contribution >= 4 is 91.7 Å². The first-order valence-corrected chi connectivity index (χ1v) is 15.6. The van der Waals surface area contributed by atoms with Crippen molar-refractivity contribution in [3.8, 4) is 0 Å². The molecule has 4 heterocycles. The van der Waals surface area contributed by atoms with Gasteiger partial charge in [0.15, 0.2) is 10.8 Å². The van der Waals surface area contributed by atoms with Crippen molar-refractivity contribution in [3.63, 3.8) is 0 Å². The maximum atomic E-state index is 13.0. The van der Waals surface area contributed by atoms with Crippen LogP contribution in [0.15, 0.2) is 52.3 Å². The lowest BCUT2D eigenvalue weighted by Crippen LogP contribution is -2.71. The van der Waals surface area contributed by atoms with Crippen LogP contribution in [0.3, 0.4) is 0 Å². The van der Waals surface area contributed by atoms with Gasteiger partial charge in [0.1, 0.15) is 29.9 Å². The molecule has 5 N–H and O–H groups in total. The summed E-state index contributed by atoms with van der Waals surface area (Å²) in [7, 11) is 1.28. The van der Waals surface area contributed by atoms with Crippen molar-refractivity contribution in [1.29, 1.82) is 0 Å². The second-order valence-corrected chi connectivity index (χ2v) is 12.3. The smallest absolute Gasteiger partial charge is 0.352 e. The van der Waals surface area contributed by atoms with Crippen LogP contribution in [0.5, 0.6) is 0 Å². The summed E-state index contributed by atoms with van der Waals surface area (Å²) in [4.78, 5) is 52.6. The molecule has 12 nitrogen and oxygen atoms in total. The standard InChI is InChI=1S/C25H24ClN7O5S3/c1-38-32-18(17-11-41-25(27)30-17)21(34)31-19-22(35)33-20(24(36)37)12(10-40-23(19)33)9-39-7-6-29-15-4-5-28-16-8-13(26)2-3-14(15)16/h2-5,8,11,19,23H,6-7,9-10H2,1H3,(H2,27,30)(H,28,29)(H,31,34)(H,36,37)/t19-,23-/m1/s1. The Morgan fingerprint density at radius 1 is 1.37 bits per heavy atom. The third kappa shape index (κ3) is 6.07. The summed E-state index contributed by atoms with van der Waals surface area (Å²) >= 11 is 10.2. The van der Waals surface area contributed by atoms with Crippen LogP contribution >= 0.6 is 46.5 Å². The number of nitrogens with zero attached hydrogens (tertiary/aromatic N) is 4. The maximum absolute atomic E-state index is 13.0. The number of carbonyl (C=O) groups excluding carboxylic acids is 2. The second-order valence-electron chi connectivity index (χ2n) is 8.81. The largest absolute Gasteiger partial charge is 0.477 e. The van der Waals surface area contributed by atoms with Crippen LogP contribution in [0, 0.1) is 0 Å². The number of β-lactam (4-membered cyclic amide) rings is 1. The van der Waals surface area contributed by atoms with Gasteiger partial charge in [0.2, 0.25) is 0 Å². The quantitative estimate of drug-likeness (QED) is 0.106. The van der Waals surface area contributed by atoms with Crippen molar-refractivity contribution in [3.05, 3.63) is 57.8 Å². The van der Waals surface area contributed by atoms with E-state index >= 15 is 0 Å². The molecule has 0 saturated carbocycles. The highest BCUT2D eigenvalue weighted by molar-refractivity contribution is 8.01. The lowest BCUT2D eigenvalue weighted by molar-refractivity contribution is -0.150. The van der Waals surface area contributed by atoms with Crippen LogP contribution in [0.1, 0.15) is 5.69 Å². The van der Waals surface area contributed by atoms with E-state index in [1.165, 1.54) is 23.8 Å². The van der Waals surface area contributed by atoms with Gasteiger partial charge >= 0.3 is 5.97 Å². The maximum Gasteiger partial charge on any atom is 0.352 e. The number of amides is 2. The zero-order valence-corrected chi connectivity index (χ0v) is 24.7. The van der Waals surface area contributed by atoms with Crippen molar-refractivity contribution in [1.82, 2.24) is 20.2 Å². The van der Waals surface area contributed by atoms with Crippen molar-refractivity contribution in [2.24, 2.45) is 5.16 Å². The third-order valence-electron chi connectivity index (χ3n) is 6.24. The second kappa shape index (κ2) is 12.5. The predicted octanol–water partition coefficient (Wildman–Crippen LogP) is 2.86. The lowest BCUT2D eigenvalue weighted by Gasteiger charge is -2.49. The predicted molar refractivity (Wildman–Crippen MR) is 162 cm³/mol. The Morgan fingerprint density at radius 3 is 2.93 bits per heavy atom. The number of nitrogens with two attached hydrogens (primary N) is 1. The van der Waals surface area contributed by atoms with Gasteiger partial charge in [-0.05, 0) is 29.8 Å². The average molecular weight is 634 g/mol. The Kier molecular flexibility index (Phi) is 8.87. The number of thiazole rings is 1. The number of carbonyl (C=O) groups is 3. The van der Waals surface area contributed by atoms with E-state index in [1.807, 2.05) is 18.2 Å². The Labute approximate surface area is 251 Å². The first-order valence-electron chi connectivity index (χ1n) is 12.2. The Balaban J connectivity index is 1.19. The minimum Gasteiger partial charge on any atom is -0.477 e. The number of nitrogen functional groups attached to an aromatic ring is 1. The number of nitrogens with one attached hydrogen (secondary N) is 2. The summed E-state index contributed by atoms with van der Waals surface area (Å²) < 4.78 is 0. The molecule has 16 heteroatoms. The van der Waals surface area contributed by atoms with E-state index in [0.29, 0.717) is 34.4 Å². The SMILES string of the molecule is CON=C(C(=O)N[C@@H]1C(=O)N2C(C(=O)O)=C(CSCCNc3ccnc4cc(Cl)ccc34)CS[C@H]12)c1csc(N)n1. The Morgan fingerprint density at radius 2 is 2.20 bits per heavy atom. The molecular weight excluding hydrogens is 610 g/mol. The molecule has 2 aliphatic rings. The molecule has 41 heavy (non-hydrogen) atoms. The van der Waals surface area contributed by atoms with Gasteiger partial charge in [-0.15, -0.1) is 23.1 Å². The molecule has 2 aliphatic heterocycles. The zero-order valence-electron chi connectivity index (χ0n) is 21.5. The fraction of sp³-hybridized carbons (Fsp3) is 0.280. The number of oxime groups is 1. The average Bonchev–Trinajstić information content (AvgIpc) is 3.39. The van der Waals surface area contributed by atoms with Crippen molar-refractivity contribution in [2.75, 3.05) is 42.0 Å². The molecule has 1 saturated heterocycles. The van der Waals surface area contributed by atoms with E-state index in [4.69, 9.17) is 22.2 Å². The van der Waals surface area contributed by atoms with Crippen LogP contribution in [0.2, 0.25) is 5.02 Å². The third-order valence-corrected chi connectivity index (χ3v) is 9.54. The number of aliphatic carboxylic acids is 1. The summed E-state index contributed by atoms with van der Waals surface area (Å²) in [6, 6.07) is 6.52. The van der Waals surface area contributed by atoms with E-state index in [-0.39, 0.29) is 22.2 Å². The van der Waals surface area contributed by atoms with Crippen molar-refractivity contribution in [2.45, 2.75) is 11.4 Å². The summed E-state index contributed by atoms with van der Waals surface area (Å²) in [5.74, 6) is -0.778. The number of aromatic nitrogens is 2. The Hall–Kier alpha value is -3.53. The summed E-state index contributed by atoms with van der Waals surface area (Å²) in [6.45, 7) is 0.643. The number of anilines is 2. The zero-order chi connectivity index (χ0) is 29.1. The fourth-order valence-electron chi connectivity index (χ4n) is 4.42. The minimum absolute atomic E-state index is 0.0280. The number of hydrogen-bond acceptors (Lipinski definition) is 12. The molecule has 0 aliphatic carbocycles. The van der Waals surface area contributed by atoms with Gasteiger partial charge in [0, 0.05) is 51.5 Å². The van der Waals surface area contributed by atoms with Gasteiger partial charge in [0.05, 0.1) is 5.52 Å². The van der Waals surface area contributed by atoms with Crippen LogP contribution in [0.4, 0.5) is 10.8 Å². The van der Waals surface area contributed by atoms with Crippen molar-refractivity contribution < 1.29 is 24.3 Å². The number of halogens is 1. The topological polar surface area (TPSA) is 172 Å². The molecule has 1 aromatic carbocycles. The minimum atomic E-state index is -1.18. The summed E-state index contributed by atoms with van der Waals surface area (Å²) in [5.41, 5.74) is 8.11. The van der Waals surface area contributed by atoms with Gasteiger partial charge < -0.3 is 26.3 Å². The number of rotatable bonds is 11. The molecular formula is C25H24ClN7O5S3. The highest BCUT2D eigenvalue weighted by Crippen LogP contribution is 2.41. The number of thioether (sulfide) groups is 2. The Bertz CT molecular complexity index is 1580. The summed E-state index contributed by atoms with van der Waals surface area (Å²) in [5, 5.41) is 22.6. The molecule has 1 fully saturated rings. The van der Waals surface area contributed by atoms with E-state index in [0.717, 1.165) is 27.9 Å². The van der Waals surface area contributed by atoms with E-state index < -0.39 is 29.2 Å². The van der Waals surface area contributed by atoms with Gasteiger partial charge in [-0.3, -0.25) is 19.5 Å². The van der Waals surface area contributed by atoms with E-state index in [1.54, 1.807) is 29.4 Å². The first-order chi connectivity index (χ1) is 19.8. The molecule has 3 aromatic rings. The van der Waals surface area contributed by atoms with Gasteiger partial charge in [-0.25, -0.2) is 9.78 Å². The molecule has 0 radical (unpaired) electrons. The summed E-state index contributed by atoms with van der Waals surface area (Å²) in [6.07, 6.45) is 1.72. The molecule has 2 amide bonds. The monoisotopic (exact) mass is 633 g/mol. The highest BCUT2D eigenvalue weighted by Gasteiger charge is 2.54. The molecule has 2 aromatic heterocycles. The first kappa shape index (κ1) is 29.0. The number of hydrogen-bond donors (Lipinski definition) is 4. The van der Waals surface area contributed by atoms with Gasteiger partial charge in [0.25, 0.3) is 11.8 Å². The lowest BCUT2D eigenvalue weighted by atomic mass is 10.0. The number of benzene rings is 1. The molecule has 0 spiro atoms. The number of pyridine rings is 1. The van der Waals surface area contributed by atoms with Gasteiger partial charge in [-0.2, -0.15) is 11.8 Å². The van der Waals surface area contributed by atoms with Crippen LogP contribution in [-0.2, 0) is 19.2 Å². The van der Waals surface area contributed by atoms with Crippen LogP contribution in [0.25, 0.3) is 10.9 Å². The number of carboxylic acids is 1. The molecule has 2 atom stereocenters. The number of fused-ring (bicyclic) bond motifs is 2. The van der Waals surface area contributed by atoms with E-state index in [2.05, 4.69) is 25.8 Å². The van der Waals surface area contributed by atoms with E-state index in [9.17, 15) is 19.5 Å². The van der Waals surface area contributed by atoms with Crippen LogP contribution in [-0.4, -0.2) is 85.8 Å². The van der Waals surface area contributed by atoms with Gasteiger partial charge in [-0.1, -0.05) is 16.8 Å². The fourth-order valence-corrected chi connectivity index (χ4v) is 7.49. The van der Waals surface area contributed by atoms with Crippen LogP contribution < -0.4 is 16.4 Å². The normalized spacial score (nSPS) is 18.6. The number of carboxylic acid groups (broad SMARTS) is 1. The molecule has 0 unspecified atom stereocenters. The molecule has 5 rings (SSSR count). The molecule has 214 valence electrons. The highest BCUT2D eigenvalue weighted by atomic mass is 35.5.